The van der Waals surface area contributed by atoms with Gasteiger partial charge < -0.3 is 13.9 Å². The fraction of sp³-hybridized carbons (Fsp3) is 0.289. The van der Waals surface area contributed by atoms with Crippen LogP contribution in [0.25, 0.3) is 33.4 Å². The number of benzene rings is 3. The number of nitrogens with zero attached hydrogens (tertiary/aromatic N) is 3. The third-order valence-electron chi connectivity index (χ3n) is 8.51. The molecule has 0 bridgehead atoms. The zero-order chi connectivity index (χ0) is 29.4. The lowest BCUT2D eigenvalue weighted by Gasteiger charge is -2.24. The number of aldehydes is 1. The summed E-state index contributed by atoms with van der Waals surface area (Å²) in [5.41, 5.74) is 7.90. The van der Waals surface area contributed by atoms with Crippen LogP contribution in [-0.2, 0) is 11.3 Å². The van der Waals surface area contributed by atoms with E-state index in [0.717, 1.165) is 82.9 Å². The topological polar surface area (TPSA) is 63.7 Å². The average Bonchev–Trinajstić information content (AvgIpc) is 3.39. The fourth-order valence-corrected chi connectivity index (χ4v) is 6.32. The van der Waals surface area contributed by atoms with Crippen molar-refractivity contribution in [2.24, 2.45) is 0 Å². The van der Waals surface area contributed by atoms with E-state index in [2.05, 4.69) is 93.8 Å². The van der Waals surface area contributed by atoms with Crippen LogP contribution < -0.4 is 5.49 Å². The number of aromatic nitrogens is 3. The first-order valence-corrected chi connectivity index (χ1v) is 15.5. The number of carbonyl (C=O) groups excluding carboxylic acids is 1. The molecule has 216 valence electrons. The van der Waals surface area contributed by atoms with Crippen LogP contribution in [0.3, 0.4) is 0 Å². The predicted octanol–water partition coefficient (Wildman–Crippen LogP) is 8.32. The summed E-state index contributed by atoms with van der Waals surface area (Å²) < 4.78 is 4.42. The van der Waals surface area contributed by atoms with E-state index in [1.165, 1.54) is 19.3 Å². The molecule has 5 aromatic rings. The van der Waals surface area contributed by atoms with Crippen molar-refractivity contribution in [1.82, 2.24) is 14.1 Å². The van der Waals surface area contributed by atoms with E-state index in [0.29, 0.717) is 24.5 Å². The molecule has 1 aliphatic carbocycles. The van der Waals surface area contributed by atoms with Crippen molar-refractivity contribution in [1.29, 1.82) is 5.41 Å². The number of nitrogens with one attached hydrogen (secondary N) is 1. The van der Waals surface area contributed by atoms with Crippen LogP contribution in [0, 0.1) is 17.3 Å². The Morgan fingerprint density at radius 3 is 2.26 bits per heavy atom. The van der Waals surface area contributed by atoms with Crippen molar-refractivity contribution in [2.45, 2.75) is 70.4 Å². The van der Waals surface area contributed by atoms with Crippen molar-refractivity contribution in [2.75, 3.05) is 0 Å². The van der Waals surface area contributed by atoms with E-state index in [9.17, 15) is 10.2 Å². The molecule has 43 heavy (non-hydrogen) atoms. The van der Waals surface area contributed by atoms with E-state index in [4.69, 9.17) is 4.98 Å². The molecule has 3 aromatic carbocycles. The van der Waals surface area contributed by atoms with Crippen molar-refractivity contribution < 1.29 is 4.79 Å². The van der Waals surface area contributed by atoms with Crippen molar-refractivity contribution in [3.8, 4) is 34.2 Å². The molecule has 1 fully saturated rings. The molecule has 1 saturated carbocycles. The smallest absolute Gasteiger partial charge is 0.146 e. The molecule has 2 heterocycles. The first-order chi connectivity index (χ1) is 21.2. The van der Waals surface area contributed by atoms with E-state index < -0.39 is 0 Å². The second-order valence-corrected chi connectivity index (χ2v) is 11.4. The lowest BCUT2D eigenvalue weighted by Crippen LogP contribution is -2.27. The van der Waals surface area contributed by atoms with Gasteiger partial charge in [0.15, 0.2) is 0 Å². The second-order valence-electron chi connectivity index (χ2n) is 11.4. The highest BCUT2D eigenvalue weighted by Gasteiger charge is 2.25. The lowest BCUT2D eigenvalue weighted by atomic mass is 9.95. The molecule has 0 unspecified atom stereocenters. The molecular weight excluding hydrogens is 528 g/mol. The highest BCUT2D eigenvalue weighted by atomic mass is 16.1. The van der Waals surface area contributed by atoms with E-state index >= 15 is 0 Å². The quantitative estimate of drug-likeness (QED) is 0.111. The monoisotopic (exact) mass is 566 g/mol. The summed E-state index contributed by atoms with van der Waals surface area (Å²) in [6.45, 7) is 0.632. The molecule has 6 rings (SSSR count). The van der Waals surface area contributed by atoms with Crippen LogP contribution in [0.5, 0.6) is 0 Å². The number of fused-ring (bicyclic) bond motifs is 1. The second kappa shape index (κ2) is 13.5. The van der Waals surface area contributed by atoms with Crippen LogP contribution in [0.4, 0.5) is 0 Å². The maximum Gasteiger partial charge on any atom is 0.146 e. The van der Waals surface area contributed by atoms with Gasteiger partial charge in [0.05, 0.1) is 17.4 Å². The first-order valence-electron chi connectivity index (χ1n) is 15.5. The van der Waals surface area contributed by atoms with Crippen LogP contribution in [-0.4, -0.2) is 20.4 Å². The number of hydrogen-bond acceptors (Lipinski definition) is 3. The summed E-state index contributed by atoms with van der Waals surface area (Å²) in [6.07, 6.45) is 12.0. The van der Waals surface area contributed by atoms with Gasteiger partial charge >= 0.3 is 0 Å². The summed E-state index contributed by atoms with van der Waals surface area (Å²) in [5, 5.41) is 10.5. The summed E-state index contributed by atoms with van der Waals surface area (Å²) in [7, 11) is 0. The molecule has 0 atom stereocenters. The Hall–Kier alpha value is -4.69. The van der Waals surface area contributed by atoms with E-state index in [1.54, 1.807) is 0 Å². The van der Waals surface area contributed by atoms with E-state index in [1.807, 2.05) is 18.5 Å². The maximum atomic E-state index is 10.5. The molecule has 0 amide bonds. The molecule has 5 nitrogen and oxygen atoms in total. The van der Waals surface area contributed by atoms with Crippen LogP contribution in [0.15, 0.2) is 91.3 Å². The van der Waals surface area contributed by atoms with Gasteiger partial charge in [-0.25, -0.2) is 4.98 Å². The highest BCUT2D eigenvalue weighted by Crippen LogP contribution is 2.40. The van der Waals surface area contributed by atoms with Gasteiger partial charge in [0, 0.05) is 36.6 Å². The van der Waals surface area contributed by atoms with Crippen molar-refractivity contribution in [3.05, 3.63) is 108 Å². The van der Waals surface area contributed by atoms with Gasteiger partial charge in [0.1, 0.15) is 17.4 Å². The Labute approximate surface area is 253 Å². The third-order valence-corrected chi connectivity index (χ3v) is 8.51. The normalized spacial score (nSPS) is 13.5. The van der Waals surface area contributed by atoms with Gasteiger partial charge in [-0.05, 0) is 54.5 Å². The number of hydrogen-bond donors (Lipinski definition) is 1. The molecule has 1 N–H and O–H groups in total. The molecule has 1 aliphatic rings. The summed E-state index contributed by atoms with van der Waals surface area (Å²) in [4.78, 5) is 15.6. The van der Waals surface area contributed by atoms with Gasteiger partial charge in [0.25, 0.3) is 0 Å². The Kier molecular flexibility index (Phi) is 8.94. The Morgan fingerprint density at radius 2 is 1.56 bits per heavy atom. The highest BCUT2D eigenvalue weighted by molar-refractivity contribution is 6.02. The number of rotatable bonds is 9. The van der Waals surface area contributed by atoms with Crippen LogP contribution >= 0.6 is 0 Å². The van der Waals surface area contributed by atoms with Crippen molar-refractivity contribution >= 4 is 17.3 Å². The Morgan fingerprint density at radius 1 is 0.860 bits per heavy atom. The molecule has 0 aliphatic heterocycles. The minimum Gasteiger partial charge on any atom is -0.320 e. The van der Waals surface area contributed by atoms with Crippen molar-refractivity contribution in [3.63, 3.8) is 0 Å². The summed E-state index contributed by atoms with van der Waals surface area (Å²) in [5.74, 6) is 6.51. The number of unbranched alkanes of at least 4 members (excludes halogenated alkanes) is 3. The van der Waals surface area contributed by atoms with Crippen LogP contribution in [0.2, 0.25) is 0 Å². The van der Waals surface area contributed by atoms with E-state index in [-0.39, 0.29) is 0 Å². The van der Waals surface area contributed by atoms with Gasteiger partial charge in [0.2, 0.25) is 0 Å². The maximum absolute atomic E-state index is 10.5. The predicted molar refractivity (Wildman–Crippen MR) is 174 cm³/mol. The SMILES string of the molecule is N=c1c2c(-c3ccccc3)c(-c3ccccc3)n(Cc3ccc(C#CCCCCC=O)cc3)c2ncn1C1CCCCC1. The molecule has 5 heteroatoms. The number of carbonyl (C=O) groups is 1. The average molecular weight is 567 g/mol. The summed E-state index contributed by atoms with van der Waals surface area (Å²) >= 11 is 0. The lowest BCUT2D eigenvalue weighted by molar-refractivity contribution is -0.107. The Balaban J connectivity index is 1.46. The molecular formula is C38H38N4O. The largest absolute Gasteiger partial charge is 0.320 e. The standard InChI is InChI=1S/C38H38N4O/c39-37-35-34(31-16-8-4-9-17-31)36(32-18-10-5-11-19-32)41(38(35)40-28-42(37)33-20-12-6-13-21-33)27-30-24-22-29(23-25-30)15-7-2-1-3-14-26-43/h4-5,8-11,16-19,22-26,28,33,39H,1-3,6,12-14,20-21,27H2. The van der Waals surface area contributed by atoms with Gasteiger partial charge in [-0.15, -0.1) is 0 Å². The Bertz CT molecular complexity index is 1800. The fourth-order valence-electron chi connectivity index (χ4n) is 6.32. The molecule has 0 radical (unpaired) electrons. The third kappa shape index (κ3) is 6.24. The molecule has 0 saturated heterocycles. The first kappa shape index (κ1) is 28.4. The zero-order valence-corrected chi connectivity index (χ0v) is 24.6. The van der Waals surface area contributed by atoms with Crippen LogP contribution in [0.1, 0.15) is 75.0 Å². The van der Waals surface area contributed by atoms with Gasteiger partial charge in [-0.3, -0.25) is 5.41 Å². The minimum absolute atomic E-state index is 0.323. The zero-order valence-electron chi connectivity index (χ0n) is 24.6. The molecule has 2 aromatic heterocycles. The van der Waals surface area contributed by atoms with Gasteiger partial charge in [-0.2, -0.15) is 0 Å². The summed E-state index contributed by atoms with van der Waals surface area (Å²) in [6, 6.07) is 29.8. The molecule has 0 spiro atoms. The minimum atomic E-state index is 0.323. The van der Waals surface area contributed by atoms with Gasteiger partial charge in [-0.1, -0.05) is 104 Å².